The minimum Gasteiger partial charge on any atom is -0.389 e. The van der Waals surface area contributed by atoms with Gasteiger partial charge in [0.05, 0.1) is 35.0 Å². The van der Waals surface area contributed by atoms with Gasteiger partial charge in [0.2, 0.25) is 0 Å². The normalized spacial score (nSPS) is 19.0. The van der Waals surface area contributed by atoms with E-state index in [1.54, 1.807) is 0 Å². The number of nitrogens with zero attached hydrogens (tertiary/aromatic N) is 2. The maximum atomic E-state index is 12.3. The van der Waals surface area contributed by atoms with Gasteiger partial charge in [-0.2, -0.15) is 0 Å². The van der Waals surface area contributed by atoms with Crippen molar-refractivity contribution in [3.05, 3.63) is 68.8 Å². The summed E-state index contributed by atoms with van der Waals surface area (Å²) in [7, 11) is 0. The number of Topliss-reactive ketones (excluding diaryl/α,β-unsaturated/α-hetero) is 1. The van der Waals surface area contributed by atoms with Crippen LogP contribution in [0.1, 0.15) is 117 Å². The monoisotopic (exact) mass is 634 g/mol. The van der Waals surface area contributed by atoms with Crippen LogP contribution in [-0.2, 0) is 27.1 Å². The van der Waals surface area contributed by atoms with E-state index < -0.39 is 6.61 Å². The number of unbranched alkanes of at least 4 members (excludes halogenated alkanes) is 2. The number of nitrogens with one attached hydrogen (secondary N) is 2. The van der Waals surface area contributed by atoms with Crippen LogP contribution in [0.3, 0.4) is 0 Å². The van der Waals surface area contributed by atoms with Crippen molar-refractivity contribution in [3.63, 3.8) is 0 Å². The van der Waals surface area contributed by atoms with E-state index in [9.17, 15) is 9.90 Å². The number of aliphatic hydroxyl groups excluding tert-OH is 1. The maximum Gasteiger partial charge on any atom is 0.158 e. The SMILES string of the molecule is CCCCCOC(C)c1c(C)c2cc3[nH]c(c4c5nc(cc6nc(cc1[nH]2)C(C)=C6C)C(C)=C5C1OC1C4)c(CCC(=O)CO)c3C. The average Bonchev–Trinajstić information content (AvgIpc) is 3.42. The molecule has 0 aromatic carbocycles. The van der Waals surface area contributed by atoms with Gasteiger partial charge < -0.3 is 24.5 Å². The molecule has 3 unspecified atom stereocenters. The van der Waals surface area contributed by atoms with Gasteiger partial charge in [0, 0.05) is 58.2 Å². The third kappa shape index (κ3) is 5.50. The number of ketones is 1. The molecule has 0 spiro atoms. The number of epoxide rings is 1. The van der Waals surface area contributed by atoms with Crippen LogP contribution in [0.2, 0.25) is 0 Å². The molecule has 0 amide bonds. The highest BCUT2D eigenvalue weighted by atomic mass is 16.6. The molecule has 1 fully saturated rings. The van der Waals surface area contributed by atoms with Gasteiger partial charge in [-0.1, -0.05) is 19.8 Å². The standard InChI is InChI=1S/C39H46N4O4/c1-8-9-10-13-46-24(7)35-22(5)31-16-30-21(4)26(12-11-25(45)18-44)37(42-30)27-14-34-39(47-34)36-23(6)32(43-38(27)36)15-28-19(2)20(3)29(40-28)17-33(35)41-31/h15-17,24,34,39,41-42,44H,8-14,18H2,1-7H3. The third-order valence-corrected chi connectivity index (χ3v) is 10.7. The molecule has 3 aliphatic heterocycles. The summed E-state index contributed by atoms with van der Waals surface area (Å²) in [6.07, 6.45) is 5.00. The van der Waals surface area contributed by atoms with Crippen LogP contribution in [0.4, 0.5) is 0 Å². The van der Waals surface area contributed by atoms with Crippen molar-refractivity contribution in [1.29, 1.82) is 0 Å². The number of aliphatic hydroxyl groups is 1. The minimum atomic E-state index is -0.447. The molecule has 3 aromatic rings. The summed E-state index contributed by atoms with van der Waals surface area (Å²) in [6.45, 7) is 15.3. The number of H-pyrrole nitrogens is 2. The highest BCUT2D eigenvalue weighted by Gasteiger charge is 2.49. The molecule has 4 aliphatic rings. The maximum absolute atomic E-state index is 12.3. The van der Waals surface area contributed by atoms with E-state index in [0.717, 1.165) is 127 Å². The summed E-state index contributed by atoms with van der Waals surface area (Å²) < 4.78 is 12.6. The number of carbonyl (C=O) groups excluding carboxylic acids is 1. The Morgan fingerprint density at radius 1 is 0.957 bits per heavy atom. The molecule has 6 heterocycles. The van der Waals surface area contributed by atoms with Crippen LogP contribution < -0.4 is 0 Å². The fourth-order valence-corrected chi connectivity index (χ4v) is 7.59. The number of fused-ring (bicyclic) bond motifs is 10. The number of aromatic amines is 2. The van der Waals surface area contributed by atoms with Gasteiger partial charge in [0.15, 0.2) is 5.78 Å². The van der Waals surface area contributed by atoms with E-state index in [2.05, 4.69) is 76.6 Å². The van der Waals surface area contributed by atoms with Crippen molar-refractivity contribution >= 4 is 50.1 Å². The lowest BCUT2D eigenvalue weighted by Gasteiger charge is -2.14. The Labute approximate surface area is 276 Å². The Morgan fingerprint density at radius 2 is 1.68 bits per heavy atom. The van der Waals surface area contributed by atoms with E-state index in [-0.39, 0.29) is 30.5 Å². The summed E-state index contributed by atoms with van der Waals surface area (Å²) in [6, 6.07) is 6.48. The smallest absolute Gasteiger partial charge is 0.158 e. The fourth-order valence-electron chi connectivity index (χ4n) is 7.59. The van der Waals surface area contributed by atoms with E-state index in [4.69, 9.17) is 19.4 Å². The number of rotatable bonds is 10. The first-order valence-corrected chi connectivity index (χ1v) is 17.2. The third-order valence-electron chi connectivity index (χ3n) is 10.7. The first-order valence-electron chi connectivity index (χ1n) is 17.2. The summed E-state index contributed by atoms with van der Waals surface area (Å²) in [5.41, 5.74) is 17.9. The van der Waals surface area contributed by atoms with Crippen molar-refractivity contribution in [2.24, 2.45) is 0 Å². The van der Waals surface area contributed by atoms with E-state index in [1.807, 2.05) is 0 Å². The summed E-state index contributed by atoms with van der Waals surface area (Å²) >= 11 is 0. The zero-order valence-electron chi connectivity index (χ0n) is 28.7. The highest BCUT2D eigenvalue weighted by Crippen LogP contribution is 2.49. The number of carbonyl (C=O) groups is 1. The summed E-state index contributed by atoms with van der Waals surface area (Å²) in [5, 5.41) is 9.52. The fraction of sp³-hybridized carbons (Fsp3) is 0.462. The second-order valence-corrected chi connectivity index (χ2v) is 13.7. The number of hydrogen-bond donors (Lipinski definition) is 3. The first-order chi connectivity index (χ1) is 22.6. The van der Waals surface area contributed by atoms with Crippen LogP contribution in [0.15, 0.2) is 18.2 Å². The zero-order chi connectivity index (χ0) is 33.1. The Kier molecular flexibility index (Phi) is 8.31. The molecule has 0 radical (unpaired) electrons. The first kappa shape index (κ1) is 31.7. The van der Waals surface area contributed by atoms with Crippen LogP contribution in [0.25, 0.3) is 44.4 Å². The number of aromatic nitrogens is 4. The number of aryl methyl sites for hydroxylation is 3. The molecule has 3 aromatic heterocycles. The van der Waals surface area contributed by atoms with Gasteiger partial charge in [0.1, 0.15) is 12.7 Å². The molecule has 1 saturated heterocycles. The largest absolute Gasteiger partial charge is 0.389 e. The lowest BCUT2D eigenvalue weighted by Crippen LogP contribution is -2.12. The van der Waals surface area contributed by atoms with Gasteiger partial charge in [-0.05, 0) is 106 Å². The number of hydrogen-bond acceptors (Lipinski definition) is 6. The molecule has 47 heavy (non-hydrogen) atoms. The molecule has 0 saturated carbocycles. The molecule has 7 rings (SSSR count). The lowest BCUT2D eigenvalue weighted by atomic mass is 9.88. The predicted octanol–water partition coefficient (Wildman–Crippen LogP) is 7.90. The molecule has 3 N–H and O–H groups in total. The summed E-state index contributed by atoms with van der Waals surface area (Å²) in [5.74, 6) is -0.162. The molecule has 8 heteroatoms. The van der Waals surface area contributed by atoms with Gasteiger partial charge in [0.25, 0.3) is 0 Å². The molecule has 246 valence electrons. The predicted molar refractivity (Wildman–Crippen MR) is 188 cm³/mol. The molecule has 8 nitrogen and oxygen atoms in total. The van der Waals surface area contributed by atoms with Crippen molar-refractivity contribution in [2.75, 3.05) is 13.2 Å². The van der Waals surface area contributed by atoms with Crippen LogP contribution in [0.5, 0.6) is 0 Å². The van der Waals surface area contributed by atoms with Crippen molar-refractivity contribution in [2.45, 2.75) is 105 Å². The Balaban J connectivity index is 1.54. The molecule has 8 bridgehead atoms. The van der Waals surface area contributed by atoms with Crippen molar-refractivity contribution < 1.29 is 19.4 Å². The van der Waals surface area contributed by atoms with Crippen molar-refractivity contribution in [1.82, 2.24) is 19.9 Å². The molecular weight excluding hydrogens is 588 g/mol. The van der Waals surface area contributed by atoms with Crippen LogP contribution in [0, 0.1) is 13.8 Å². The Bertz CT molecular complexity index is 2030. The van der Waals surface area contributed by atoms with Gasteiger partial charge in [-0.3, -0.25) is 4.79 Å². The van der Waals surface area contributed by atoms with Crippen LogP contribution >= 0.6 is 0 Å². The lowest BCUT2D eigenvalue weighted by molar-refractivity contribution is -0.121. The van der Waals surface area contributed by atoms with Gasteiger partial charge >= 0.3 is 0 Å². The van der Waals surface area contributed by atoms with E-state index in [1.165, 1.54) is 0 Å². The van der Waals surface area contributed by atoms with Crippen molar-refractivity contribution in [3.8, 4) is 0 Å². The second-order valence-electron chi connectivity index (χ2n) is 13.7. The molecule has 3 atom stereocenters. The van der Waals surface area contributed by atoms with Gasteiger partial charge in [-0.25, -0.2) is 9.97 Å². The highest BCUT2D eigenvalue weighted by molar-refractivity contribution is 5.99. The Hall–Kier alpha value is -3.85. The second kappa shape index (κ2) is 12.3. The molecular formula is C39H46N4O4. The number of ether oxygens (including phenoxy) is 2. The van der Waals surface area contributed by atoms with E-state index >= 15 is 0 Å². The average molecular weight is 635 g/mol. The molecule has 1 aliphatic carbocycles. The van der Waals surface area contributed by atoms with Gasteiger partial charge in [-0.15, -0.1) is 0 Å². The number of allylic oxidation sites excluding steroid dienone is 3. The summed E-state index contributed by atoms with van der Waals surface area (Å²) in [4.78, 5) is 30.3. The minimum absolute atomic E-state index is 0.0654. The quantitative estimate of drug-likeness (QED) is 0.154. The topological polar surface area (TPSA) is 116 Å². The van der Waals surface area contributed by atoms with E-state index in [0.29, 0.717) is 6.42 Å². The Morgan fingerprint density at radius 3 is 2.43 bits per heavy atom. The van der Waals surface area contributed by atoms with Crippen LogP contribution in [-0.4, -0.2) is 56.2 Å². The zero-order valence-corrected chi connectivity index (χ0v) is 28.7.